The first-order valence-electron chi connectivity index (χ1n) is 14.1. The number of hydrogen-bond donors (Lipinski definition) is 1. The molecule has 8 heteroatoms. The molecule has 5 rings (SSSR count). The third kappa shape index (κ3) is 6.62. The van der Waals surface area contributed by atoms with Gasteiger partial charge < -0.3 is 24.3 Å². The number of furan rings is 1. The molecule has 2 aliphatic rings. The lowest BCUT2D eigenvalue weighted by molar-refractivity contribution is -0.165. The summed E-state index contributed by atoms with van der Waals surface area (Å²) in [5.74, 6) is -0.398. The molecule has 2 fully saturated rings. The molecule has 8 nitrogen and oxygen atoms in total. The van der Waals surface area contributed by atoms with Gasteiger partial charge in [-0.25, -0.2) is 0 Å². The average molecular weight is 544 g/mol. The Kier molecular flexibility index (Phi) is 8.96. The first-order chi connectivity index (χ1) is 19.5. The molecule has 40 heavy (non-hydrogen) atoms. The number of unbranched alkanes of at least 4 members (excludes halogenated alkanes) is 1. The van der Waals surface area contributed by atoms with Crippen molar-refractivity contribution < 1.29 is 23.5 Å². The number of nitrogens with zero attached hydrogens (tertiary/aromatic N) is 2. The van der Waals surface area contributed by atoms with Crippen LogP contribution in [0.4, 0.5) is 0 Å². The van der Waals surface area contributed by atoms with E-state index in [1.165, 1.54) is 5.56 Å². The number of carbonyl (C=O) groups is 3. The van der Waals surface area contributed by atoms with Crippen molar-refractivity contribution in [2.75, 3.05) is 19.6 Å². The second-order valence-corrected chi connectivity index (χ2v) is 10.7. The molecular formula is C32H37N3O5. The van der Waals surface area contributed by atoms with E-state index >= 15 is 0 Å². The van der Waals surface area contributed by atoms with E-state index in [0.717, 1.165) is 44.5 Å². The molecule has 210 valence electrons. The fourth-order valence-electron chi connectivity index (χ4n) is 5.72. The van der Waals surface area contributed by atoms with E-state index in [0.29, 0.717) is 18.6 Å². The highest BCUT2D eigenvalue weighted by Gasteiger charge is 2.54. The van der Waals surface area contributed by atoms with E-state index in [1.54, 1.807) is 23.3 Å². The first-order valence-corrected chi connectivity index (χ1v) is 14.1. The lowest BCUT2D eigenvalue weighted by Crippen LogP contribution is -2.72. The molecule has 2 aromatic carbocycles. The van der Waals surface area contributed by atoms with Crippen molar-refractivity contribution in [2.45, 2.75) is 63.3 Å². The standard InChI is InChI=1S/C32H37N3O5/c36-29(40-24-26-13-5-2-6-14-26)22-28-30(37)35(23-27-15-9-21-39-27)32(31(38)33-28)16-19-34(20-17-32)18-8-7-12-25-10-3-1-4-11-25/h1-6,9-11,13-15,21,28H,7-8,12,16-20,22-24H2,(H,33,38). The minimum absolute atomic E-state index is 0.121. The molecule has 3 aromatic rings. The number of nitrogens with one attached hydrogen (secondary N) is 1. The summed E-state index contributed by atoms with van der Waals surface area (Å²) in [7, 11) is 0. The predicted octanol–water partition coefficient (Wildman–Crippen LogP) is 4.10. The smallest absolute Gasteiger partial charge is 0.308 e. The van der Waals surface area contributed by atoms with E-state index < -0.39 is 17.6 Å². The molecule has 2 saturated heterocycles. The summed E-state index contributed by atoms with van der Waals surface area (Å²) in [6, 6.07) is 22.5. The molecule has 3 heterocycles. The largest absolute Gasteiger partial charge is 0.467 e. The van der Waals surface area contributed by atoms with Crippen LogP contribution in [0.1, 0.15) is 49.0 Å². The van der Waals surface area contributed by atoms with Crippen LogP contribution in [0.25, 0.3) is 0 Å². The molecule has 0 radical (unpaired) electrons. The fourth-order valence-corrected chi connectivity index (χ4v) is 5.72. The quantitative estimate of drug-likeness (QED) is 0.289. The topological polar surface area (TPSA) is 92.1 Å². The Bertz CT molecular complexity index is 1250. The average Bonchev–Trinajstić information content (AvgIpc) is 3.51. The summed E-state index contributed by atoms with van der Waals surface area (Å²) < 4.78 is 10.9. The summed E-state index contributed by atoms with van der Waals surface area (Å²) in [6.07, 6.45) is 5.67. The van der Waals surface area contributed by atoms with Crippen LogP contribution in [0.3, 0.4) is 0 Å². The SMILES string of the molecule is O=C(CC1NC(=O)C2(CCN(CCCCc3ccccc3)CC2)N(Cc2ccco2)C1=O)OCc1ccccc1. The summed E-state index contributed by atoms with van der Waals surface area (Å²) in [4.78, 5) is 44.0. The Morgan fingerprint density at radius 2 is 1.62 bits per heavy atom. The second kappa shape index (κ2) is 13.0. The van der Waals surface area contributed by atoms with E-state index in [1.807, 2.05) is 36.4 Å². The number of carbonyl (C=O) groups excluding carboxylic acids is 3. The van der Waals surface area contributed by atoms with Crippen LogP contribution in [0.2, 0.25) is 0 Å². The number of piperidine rings is 1. The van der Waals surface area contributed by atoms with Crippen molar-refractivity contribution in [2.24, 2.45) is 0 Å². The van der Waals surface area contributed by atoms with Gasteiger partial charge in [-0.1, -0.05) is 60.7 Å². The highest BCUT2D eigenvalue weighted by molar-refractivity contribution is 6.01. The van der Waals surface area contributed by atoms with Crippen molar-refractivity contribution in [3.63, 3.8) is 0 Å². The van der Waals surface area contributed by atoms with Gasteiger partial charge in [0, 0.05) is 13.1 Å². The Labute approximate surface area is 235 Å². The highest BCUT2D eigenvalue weighted by Crippen LogP contribution is 2.35. The van der Waals surface area contributed by atoms with Gasteiger partial charge in [0.25, 0.3) is 0 Å². The van der Waals surface area contributed by atoms with Gasteiger partial charge in [-0.3, -0.25) is 14.4 Å². The lowest BCUT2D eigenvalue weighted by atomic mass is 9.81. The van der Waals surface area contributed by atoms with Gasteiger partial charge in [-0.15, -0.1) is 0 Å². The molecule has 2 aliphatic heterocycles. The van der Waals surface area contributed by atoms with E-state index in [4.69, 9.17) is 9.15 Å². The number of ether oxygens (including phenoxy) is 1. The number of hydrogen-bond acceptors (Lipinski definition) is 6. The first kappa shape index (κ1) is 27.6. The monoisotopic (exact) mass is 543 g/mol. The van der Waals surface area contributed by atoms with Crippen molar-refractivity contribution >= 4 is 17.8 Å². The van der Waals surface area contributed by atoms with Crippen LogP contribution in [0.15, 0.2) is 83.5 Å². The third-order valence-electron chi connectivity index (χ3n) is 8.03. The van der Waals surface area contributed by atoms with Gasteiger partial charge >= 0.3 is 5.97 Å². The fraction of sp³-hybridized carbons (Fsp3) is 0.406. The minimum atomic E-state index is -0.965. The Balaban J connectivity index is 1.19. The molecule has 0 bridgehead atoms. The van der Waals surface area contributed by atoms with Crippen molar-refractivity contribution in [3.05, 3.63) is 95.9 Å². The van der Waals surface area contributed by atoms with E-state index in [-0.39, 0.29) is 31.4 Å². The number of benzene rings is 2. The van der Waals surface area contributed by atoms with E-state index in [2.05, 4.69) is 34.5 Å². The number of amides is 2. The molecule has 1 aromatic heterocycles. The molecular weight excluding hydrogens is 506 g/mol. The maximum absolute atomic E-state index is 13.8. The Morgan fingerprint density at radius 3 is 2.30 bits per heavy atom. The zero-order chi connectivity index (χ0) is 27.8. The molecule has 1 atom stereocenters. The maximum atomic E-state index is 13.8. The number of rotatable bonds is 11. The normalized spacial score (nSPS) is 19.0. The van der Waals surface area contributed by atoms with Crippen molar-refractivity contribution in [1.29, 1.82) is 0 Å². The number of aryl methyl sites for hydroxylation is 1. The Morgan fingerprint density at radius 1 is 0.925 bits per heavy atom. The molecule has 1 N–H and O–H groups in total. The van der Waals surface area contributed by atoms with Gasteiger partial charge in [0.15, 0.2) is 0 Å². The second-order valence-electron chi connectivity index (χ2n) is 10.7. The van der Waals surface area contributed by atoms with Crippen LogP contribution in [-0.4, -0.2) is 58.8 Å². The number of likely N-dealkylation sites (tertiary alicyclic amines) is 1. The number of esters is 1. The lowest BCUT2D eigenvalue weighted by Gasteiger charge is -2.51. The van der Waals surface area contributed by atoms with Crippen LogP contribution in [-0.2, 0) is 38.7 Å². The van der Waals surface area contributed by atoms with E-state index in [9.17, 15) is 14.4 Å². The van der Waals surface area contributed by atoms with Crippen molar-refractivity contribution in [3.8, 4) is 0 Å². The molecule has 2 amide bonds. The third-order valence-corrected chi connectivity index (χ3v) is 8.03. The van der Waals surface area contributed by atoms with Crippen LogP contribution in [0, 0.1) is 0 Å². The molecule has 1 unspecified atom stereocenters. The zero-order valence-corrected chi connectivity index (χ0v) is 22.8. The van der Waals surface area contributed by atoms with Gasteiger partial charge in [-0.2, -0.15) is 0 Å². The van der Waals surface area contributed by atoms with Crippen molar-refractivity contribution in [1.82, 2.24) is 15.1 Å². The predicted molar refractivity (Wildman–Crippen MR) is 150 cm³/mol. The summed E-state index contributed by atoms with van der Waals surface area (Å²) in [5.41, 5.74) is 1.25. The van der Waals surface area contributed by atoms with Crippen LogP contribution >= 0.6 is 0 Å². The number of piperazine rings is 1. The summed E-state index contributed by atoms with van der Waals surface area (Å²) in [5, 5.41) is 2.87. The molecule has 1 spiro atoms. The summed E-state index contributed by atoms with van der Waals surface area (Å²) >= 11 is 0. The molecule has 0 aliphatic carbocycles. The maximum Gasteiger partial charge on any atom is 0.308 e. The molecule has 0 saturated carbocycles. The Hall–Kier alpha value is -3.91. The van der Waals surface area contributed by atoms with Gasteiger partial charge in [0.2, 0.25) is 11.8 Å². The van der Waals surface area contributed by atoms with Gasteiger partial charge in [0.1, 0.15) is 23.9 Å². The van der Waals surface area contributed by atoms with Crippen LogP contribution in [0.5, 0.6) is 0 Å². The minimum Gasteiger partial charge on any atom is -0.467 e. The van der Waals surface area contributed by atoms with Gasteiger partial charge in [0.05, 0.1) is 19.2 Å². The van der Waals surface area contributed by atoms with Gasteiger partial charge in [-0.05, 0) is 61.9 Å². The summed E-state index contributed by atoms with van der Waals surface area (Å²) in [6.45, 7) is 2.73. The zero-order valence-electron chi connectivity index (χ0n) is 22.8. The highest BCUT2D eigenvalue weighted by atomic mass is 16.5. The van der Waals surface area contributed by atoms with Crippen LogP contribution < -0.4 is 5.32 Å².